The second kappa shape index (κ2) is 8.31. The SMILES string of the molecule is CCO[SiH](CCC1CCCCC1)OCC. The van der Waals surface area contributed by atoms with E-state index >= 15 is 0 Å². The fraction of sp³-hybridized carbons (Fsp3) is 1.00. The van der Waals surface area contributed by atoms with Crippen LogP contribution in [0.5, 0.6) is 0 Å². The summed E-state index contributed by atoms with van der Waals surface area (Å²) in [5, 5.41) is 0. The van der Waals surface area contributed by atoms with Crippen LogP contribution in [0.3, 0.4) is 0 Å². The Morgan fingerprint density at radius 2 is 1.60 bits per heavy atom. The number of rotatable bonds is 7. The molecule has 0 aromatic heterocycles. The van der Waals surface area contributed by atoms with E-state index < -0.39 is 9.28 Å². The molecule has 0 radical (unpaired) electrons. The normalized spacial score (nSPS) is 18.6. The molecule has 0 atom stereocenters. The van der Waals surface area contributed by atoms with Gasteiger partial charge >= 0.3 is 9.28 Å². The van der Waals surface area contributed by atoms with Gasteiger partial charge in [0.25, 0.3) is 0 Å². The molecular formula is C12H26O2Si. The first kappa shape index (κ1) is 13.2. The van der Waals surface area contributed by atoms with Crippen molar-refractivity contribution in [1.29, 1.82) is 0 Å². The number of hydrogen-bond donors (Lipinski definition) is 0. The van der Waals surface area contributed by atoms with Crippen molar-refractivity contribution < 1.29 is 8.85 Å². The van der Waals surface area contributed by atoms with Crippen LogP contribution in [0.4, 0.5) is 0 Å². The van der Waals surface area contributed by atoms with Gasteiger partial charge in [-0.2, -0.15) is 0 Å². The van der Waals surface area contributed by atoms with Crippen LogP contribution in [0.25, 0.3) is 0 Å². The topological polar surface area (TPSA) is 18.5 Å². The van der Waals surface area contributed by atoms with Gasteiger partial charge in [0.05, 0.1) is 0 Å². The van der Waals surface area contributed by atoms with Gasteiger partial charge in [-0.3, -0.25) is 0 Å². The lowest BCUT2D eigenvalue weighted by Crippen LogP contribution is -2.24. The molecule has 0 bridgehead atoms. The molecule has 1 fully saturated rings. The van der Waals surface area contributed by atoms with Crippen LogP contribution in [0, 0.1) is 5.92 Å². The summed E-state index contributed by atoms with van der Waals surface area (Å²) in [5.74, 6) is 0.967. The van der Waals surface area contributed by atoms with Gasteiger partial charge in [-0.15, -0.1) is 0 Å². The fourth-order valence-electron chi connectivity index (χ4n) is 2.43. The maximum absolute atomic E-state index is 5.69. The molecule has 1 rings (SSSR count). The van der Waals surface area contributed by atoms with Gasteiger partial charge in [-0.05, 0) is 32.2 Å². The van der Waals surface area contributed by atoms with Crippen LogP contribution in [0.2, 0.25) is 6.04 Å². The van der Waals surface area contributed by atoms with E-state index in [0.29, 0.717) is 0 Å². The van der Waals surface area contributed by atoms with Gasteiger partial charge in [0, 0.05) is 13.2 Å². The first-order valence-corrected chi connectivity index (χ1v) is 8.36. The molecule has 1 aliphatic carbocycles. The standard InChI is InChI=1S/C12H26O2Si/c1-3-13-15(14-4-2)11-10-12-8-6-5-7-9-12/h12,15H,3-11H2,1-2H3. The van der Waals surface area contributed by atoms with Crippen LogP contribution in [0.1, 0.15) is 52.4 Å². The molecule has 2 nitrogen and oxygen atoms in total. The molecule has 0 N–H and O–H groups in total. The first-order chi connectivity index (χ1) is 7.36. The zero-order chi connectivity index (χ0) is 10.9. The van der Waals surface area contributed by atoms with Crippen molar-refractivity contribution in [2.24, 2.45) is 5.92 Å². The van der Waals surface area contributed by atoms with Crippen LogP contribution in [0.15, 0.2) is 0 Å². The first-order valence-electron chi connectivity index (χ1n) is 6.60. The zero-order valence-electron chi connectivity index (χ0n) is 10.3. The highest BCUT2D eigenvalue weighted by Crippen LogP contribution is 2.28. The maximum atomic E-state index is 5.69. The lowest BCUT2D eigenvalue weighted by atomic mass is 9.88. The molecule has 0 spiro atoms. The average molecular weight is 230 g/mol. The van der Waals surface area contributed by atoms with Gasteiger partial charge in [0.15, 0.2) is 0 Å². The third-order valence-corrected chi connectivity index (χ3v) is 5.46. The minimum Gasteiger partial charge on any atom is -0.397 e. The minimum absolute atomic E-state index is 0.821. The molecule has 15 heavy (non-hydrogen) atoms. The Bertz CT molecular complexity index is 141. The van der Waals surface area contributed by atoms with Gasteiger partial charge in [0.1, 0.15) is 0 Å². The summed E-state index contributed by atoms with van der Waals surface area (Å²) >= 11 is 0. The lowest BCUT2D eigenvalue weighted by molar-refractivity contribution is 0.209. The summed E-state index contributed by atoms with van der Waals surface area (Å²) in [7, 11) is -1.30. The largest absolute Gasteiger partial charge is 0.397 e. The molecule has 0 aliphatic heterocycles. The van der Waals surface area contributed by atoms with Crippen molar-refractivity contribution in [2.75, 3.05) is 13.2 Å². The molecule has 1 aliphatic rings. The second-order valence-corrected chi connectivity index (χ2v) is 6.52. The highest BCUT2D eigenvalue weighted by atomic mass is 28.3. The summed E-state index contributed by atoms with van der Waals surface area (Å²) in [6.45, 7) is 5.78. The van der Waals surface area contributed by atoms with Gasteiger partial charge in [0.2, 0.25) is 0 Å². The summed E-state index contributed by atoms with van der Waals surface area (Å²) < 4.78 is 11.4. The van der Waals surface area contributed by atoms with E-state index in [1.54, 1.807) is 0 Å². The van der Waals surface area contributed by atoms with Gasteiger partial charge < -0.3 is 8.85 Å². The van der Waals surface area contributed by atoms with Gasteiger partial charge in [-0.1, -0.05) is 32.1 Å². The summed E-state index contributed by atoms with van der Waals surface area (Å²) in [4.78, 5) is 0. The van der Waals surface area contributed by atoms with E-state index in [2.05, 4.69) is 13.8 Å². The zero-order valence-corrected chi connectivity index (χ0v) is 11.5. The van der Waals surface area contributed by atoms with Crippen LogP contribution in [-0.2, 0) is 8.85 Å². The highest BCUT2D eigenvalue weighted by molar-refractivity contribution is 6.44. The third kappa shape index (κ3) is 5.69. The molecule has 0 heterocycles. The van der Waals surface area contributed by atoms with E-state index in [9.17, 15) is 0 Å². The number of hydrogen-bond acceptors (Lipinski definition) is 2. The Labute approximate surface area is 96.2 Å². The molecule has 1 saturated carbocycles. The molecule has 0 unspecified atom stereocenters. The molecule has 0 amide bonds. The Morgan fingerprint density at radius 1 is 1.00 bits per heavy atom. The Balaban J connectivity index is 2.13. The molecular weight excluding hydrogens is 204 g/mol. The summed E-state index contributed by atoms with van der Waals surface area (Å²) in [6, 6.07) is 1.21. The van der Waals surface area contributed by atoms with Gasteiger partial charge in [-0.25, -0.2) is 0 Å². The monoisotopic (exact) mass is 230 g/mol. The van der Waals surface area contributed by atoms with Crippen LogP contribution < -0.4 is 0 Å². The van der Waals surface area contributed by atoms with E-state index in [4.69, 9.17) is 8.85 Å². The van der Waals surface area contributed by atoms with Crippen molar-refractivity contribution in [3.8, 4) is 0 Å². The van der Waals surface area contributed by atoms with Crippen molar-refractivity contribution >= 4 is 9.28 Å². The van der Waals surface area contributed by atoms with Crippen LogP contribution >= 0.6 is 0 Å². The minimum atomic E-state index is -1.30. The molecule has 0 aromatic rings. The van der Waals surface area contributed by atoms with Crippen molar-refractivity contribution in [1.82, 2.24) is 0 Å². The van der Waals surface area contributed by atoms with E-state index in [0.717, 1.165) is 19.1 Å². The van der Waals surface area contributed by atoms with Crippen molar-refractivity contribution in [2.45, 2.75) is 58.4 Å². The van der Waals surface area contributed by atoms with Crippen molar-refractivity contribution in [3.05, 3.63) is 0 Å². The van der Waals surface area contributed by atoms with E-state index in [1.165, 1.54) is 44.6 Å². The molecule has 3 heteroatoms. The third-order valence-electron chi connectivity index (χ3n) is 3.24. The highest BCUT2D eigenvalue weighted by Gasteiger charge is 2.18. The summed E-state index contributed by atoms with van der Waals surface area (Å²) in [5.41, 5.74) is 0. The lowest BCUT2D eigenvalue weighted by Gasteiger charge is -2.23. The molecule has 0 saturated heterocycles. The smallest absolute Gasteiger partial charge is 0.321 e. The van der Waals surface area contributed by atoms with Crippen molar-refractivity contribution in [3.63, 3.8) is 0 Å². The predicted octanol–water partition coefficient (Wildman–Crippen LogP) is 3.25. The van der Waals surface area contributed by atoms with Crippen LogP contribution in [-0.4, -0.2) is 22.5 Å². The fourth-order valence-corrected chi connectivity index (χ4v) is 4.35. The Morgan fingerprint density at radius 3 is 2.13 bits per heavy atom. The molecule has 90 valence electrons. The van der Waals surface area contributed by atoms with E-state index in [-0.39, 0.29) is 0 Å². The van der Waals surface area contributed by atoms with E-state index in [1.807, 2.05) is 0 Å². The average Bonchev–Trinajstić information content (AvgIpc) is 2.28. The Hall–Kier alpha value is 0.137. The second-order valence-electron chi connectivity index (χ2n) is 4.42. The quantitative estimate of drug-likeness (QED) is 0.625. The molecule has 0 aromatic carbocycles. The predicted molar refractivity (Wildman–Crippen MR) is 66.4 cm³/mol. The maximum Gasteiger partial charge on any atom is 0.321 e. The Kier molecular flexibility index (Phi) is 7.31. The summed E-state index contributed by atoms with van der Waals surface area (Å²) in [6.07, 6.45) is 8.57.